The molecule has 0 aliphatic carbocycles. The first-order valence-corrected chi connectivity index (χ1v) is 6.14. The van der Waals surface area contributed by atoms with E-state index in [1.54, 1.807) is 11.0 Å². The van der Waals surface area contributed by atoms with E-state index in [2.05, 4.69) is 22.5 Å². The molecule has 0 radical (unpaired) electrons. The number of nitrogens with zero attached hydrogens (tertiary/aromatic N) is 2. The first-order chi connectivity index (χ1) is 8.51. The number of hydrogen-bond acceptors (Lipinski definition) is 3. The van der Waals surface area contributed by atoms with Crippen LogP contribution >= 0.6 is 15.9 Å². The third-order valence-corrected chi connectivity index (χ3v) is 3.10. The average Bonchev–Trinajstić information content (AvgIpc) is 2.35. The summed E-state index contributed by atoms with van der Waals surface area (Å²) in [7, 11) is 0. The Morgan fingerprint density at radius 1 is 1.61 bits per heavy atom. The van der Waals surface area contributed by atoms with Crippen LogP contribution in [0.4, 0.5) is 5.69 Å². The minimum atomic E-state index is -0.521. The maximum atomic E-state index is 12.2. The molecule has 18 heavy (non-hydrogen) atoms. The highest BCUT2D eigenvalue weighted by molar-refractivity contribution is 9.10. The summed E-state index contributed by atoms with van der Waals surface area (Å²) in [5, 5.41) is 10.7. The molecule has 0 atom stereocenters. The predicted molar refractivity (Wildman–Crippen MR) is 72.6 cm³/mol. The van der Waals surface area contributed by atoms with Gasteiger partial charge in [-0.15, -0.1) is 6.58 Å². The van der Waals surface area contributed by atoms with Crippen molar-refractivity contribution in [2.45, 2.75) is 6.92 Å². The van der Waals surface area contributed by atoms with E-state index in [-0.39, 0.29) is 17.2 Å². The average molecular weight is 313 g/mol. The van der Waals surface area contributed by atoms with E-state index in [0.29, 0.717) is 17.6 Å². The Labute approximate surface area is 113 Å². The molecule has 0 saturated heterocycles. The molecule has 0 unspecified atom stereocenters. The zero-order valence-electron chi connectivity index (χ0n) is 9.93. The lowest BCUT2D eigenvalue weighted by Gasteiger charge is -2.19. The second-order valence-corrected chi connectivity index (χ2v) is 4.41. The smallest absolute Gasteiger partial charge is 0.270 e. The summed E-state index contributed by atoms with van der Waals surface area (Å²) in [4.78, 5) is 23.9. The summed E-state index contributed by atoms with van der Waals surface area (Å²) in [6.45, 7) is 6.34. The van der Waals surface area contributed by atoms with Gasteiger partial charge in [-0.25, -0.2) is 0 Å². The number of halogens is 1. The van der Waals surface area contributed by atoms with Gasteiger partial charge in [0.05, 0.1) is 10.5 Å². The number of likely N-dealkylation sites (N-methyl/N-ethyl adjacent to an activating group) is 1. The van der Waals surface area contributed by atoms with E-state index in [1.165, 1.54) is 18.2 Å². The molecule has 0 N–H and O–H groups in total. The third-order valence-electron chi connectivity index (χ3n) is 2.41. The Bertz CT molecular complexity index is 488. The van der Waals surface area contributed by atoms with E-state index >= 15 is 0 Å². The van der Waals surface area contributed by atoms with Crippen molar-refractivity contribution in [1.29, 1.82) is 0 Å². The predicted octanol–water partition coefficient (Wildman–Crippen LogP) is 3.01. The Morgan fingerprint density at radius 3 is 2.78 bits per heavy atom. The summed E-state index contributed by atoms with van der Waals surface area (Å²) < 4.78 is 0.542. The normalized spacial score (nSPS) is 9.89. The number of nitro benzene ring substituents is 1. The molecule has 0 bridgehead atoms. The van der Waals surface area contributed by atoms with Crippen molar-refractivity contribution in [3.63, 3.8) is 0 Å². The number of amides is 1. The quantitative estimate of drug-likeness (QED) is 0.477. The maximum Gasteiger partial charge on any atom is 0.270 e. The SMILES string of the molecule is C=CCN(CC)C(=O)c1cc([N+](=O)[O-])ccc1Br. The Balaban J connectivity index is 3.14. The highest BCUT2D eigenvalue weighted by Gasteiger charge is 2.19. The first kappa shape index (κ1) is 14.4. The highest BCUT2D eigenvalue weighted by atomic mass is 79.9. The summed E-state index contributed by atoms with van der Waals surface area (Å²) in [6, 6.07) is 4.13. The molecule has 96 valence electrons. The van der Waals surface area contributed by atoms with E-state index in [4.69, 9.17) is 0 Å². The zero-order chi connectivity index (χ0) is 13.7. The van der Waals surface area contributed by atoms with Crippen LogP contribution in [0, 0.1) is 10.1 Å². The molecule has 1 amide bonds. The van der Waals surface area contributed by atoms with Crippen molar-refractivity contribution >= 4 is 27.5 Å². The van der Waals surface area contributed by atoms with Crippen molar-refractivity contribution < 1.29 is 9.72 Å². The largest absolute Gasteiger partial charge is 0.335 e. The zero-order valence-corrected chi connectivity index (χ0v) is 11.5. The molecule has 0 aliphatic heterocycles. The number of nitro groups is 1. The summed E-state index contributed by atoms with van der Waals surface area (Å²) in [6.07, 6.45) is 1.62. The fourth-order valence-corrected chi connectivity index (χ4v) is 1.89. The van der Waals surface area contributed by atoms with Crippen molar-refractivity contribution in [2.24, 2.45) is 0 Å². The van der Waals surface area contributed by atoms with Crippen LogP contribution < -0.4 is 0 Å². The molecule has 0 spiro atoms. The molecular weight excluding hydrogens is 300 g/mol. The Hall–Kier alpha value is -1.69. The van der Waals surface area contributed by atoms with Gasteiger partial charge in [-0.3, -0.25) is 14.9 Å². The van der Waals surface area contributed by atoms with Gasteiger partial charge in [-0.1, -0.05) is 6.08 Å². The lowest BCUT2D eigenvalue weighted by molar-refractivity contribution is -0.384. The number of rotatable bonds is 5. The lowest BCUT2D eigenvalue weighted by Crippen LogP contribution is -2.31. The molecular formula is C12H13BrN2O3. The number of non-ortho nitro benzene ring substituents is 1. The van der Waals surface area contributed by atoms with E-state index in [9.17, 15) is 14.9 Å². The molecule has 1 aromatic carbocycles. The van der Waals surface area contributed by atoms with E-state index in [1.807, 2.05) is 6.92 Å². The second-order valence-electron chi connectivity index (χ2n) is 3.55. The third kappa shape index (κ3) is 3.16. The van der Waals surface area contributed by atoms with Gasteiger partial charge in [-0.2, -0.15) is 0 Å². The van der Waals surface area contributed by atoms with Gasteiger partial charge in [0.25, 0.3) is 11.6 Å². The fourth-order valence-electron chi connectivity index (χ4n) is 1.47. The van der Waals surface area contributed by atoms with Crippen LogP contribution in [0.25, 0.3) is 0 Å². The van der Waals surface area contributed by atoms with Gasteiger partial charge < -0.3 is 4.90 Å². The number of carbonyl (C=O) groups excluding carboxylic acids is 1. The van der Waals surface area contributed by atoms with Crippen molar-refractivity contribution in [3.05, 3.63) is 51.0 Å². The van der Waals surface area contributed by atoms with E-state index in [0.717, 1.165) is 0 Å². The minimum absolute atomic E-state index is 0.101. The highest BCUT2D eigenvalue weighted by Crippen LogP contribution is 2.23. The second kappa shape index (κ2) is 6.30. The molecule has 1 aromatic rings. The van der Waals surface area contributed by atoms with Gasteiger partial charge in [0.2, 0.25) is 0 Å². The summed E-state index contributed by atoms with van der Waals surface area (Å²) >= 11 is 3.23. The molecule has 6 heteroatoms. The lowest BCUT2D eigenvalue weighted by atomic mass is 10.1. The van der Waals surface area contributed by atoms with Crippen molar-refractivity contribution in [1.82, 2.24) is 4.90 Å². The van der Waals surface area contributed by atoms with Crippen LogP contribution in [-0.2, 0) is 0 Å². The maximum absolute atomic E-state index is 12.2. The van der Waals surface area contributed by atoms with Crippen LogP contribution in [0.1, 0.15) is 17.3 Å². The summed E-state index contributed by atoms with van der Waals surface area (Å²) in [5.41, 5.74) is 0.184. The van der Waals surface area contributed by atoms with Crippen LogP contribution in [0.15, 0.2) is 35.3 Å². The van der Waals surface area contributed by atoms with Gasteiger partial charge >= 0.3 is 0 Å². The molecule has 0 aliphatic rings. The van der Waals surface area contributed by atoms with E-state index < -0.39 is 4.92 Å². The van der Waals surface area contributed by atoms with Gasteiger partial charge in [-0.05, 0) is 28.9 Å². The molecule has 0 heterocycles. The van der Waals surface area contributed by atoms with Crippen molar-refractivity contribution in [3.8, 4) is 0 Å². The summed E-state index contributed by atoms with van der Waals surface area (Å²) in [5.74, 6) is -0.257. The van der Waals surface area contributed by atoms with Gasteiger partial charge in [0, 0.05) is 29.7 Å². The topological polar surface area (TPSA) is 63.5 Å². The van der Waals surface area contributed by atoms with Crippen LogP contribution in [0.5, 0.6) is 0 Å². The van der Waals surface area contributed by atoms with Crippen LogP contribution in [-0.4, -0.2) is 28.8 Å². The Kier molecular flexibility index (Phi) is 5.03. The van der Waals surface area contributed by atoms with Crippen LogP contribution in [0.3, 0.4) is 0 Å². The molecule has 0 fully saturated rings. The van der Waals surface area contributed by atoms with Crippen molar-refractivity contribution in [2.75, 3.05) is 13.1 Å². The molecule has 1 rings (SSSR count). The first-order valence-electron chi connectivity index (χ1n) is 5.35. The monoisotopic (exact) mass is 312 g/mol. The Morgan fingerprint density at radius 2 is 2.28 bits per heavy atom. The molecule has 0 aromatic heterocycles. The number of benzene rings is 1. The number of hydrogen-bond donors (Lipinski definition) is 0. The van der Waals surface area contributed by atoms with Gasteiger partial charge in [0.1, 0.15) is 0 Å². The fraction of sp³-hybridized carbons (Fsp3) is 0.250. The van der Waals surface area contributed by atoms with Crippen LogP contribution in [0.2, 0.25) is 0 Å². The molecule has 0 saturated carbocycles. The minimum Gasteiger partial charge on any atom is -0.335 e. The van der Waals surface area contributed by atoms with Gasteiger partial charge in [0.15, 0.2) is 0 Å². The number of carbonyl (C=O) groups is 1. The standard InChI is InChI=1S/C12H13BrN2O3/c1-3-7-14(4-2)12(16)10-8-9(15(17)18)5-6-11(10)13/h3,5-6,8H,1,4,7H2,2H3. The molecule has 5 nitrogen and oxygen atoms in total.